The Hall–Kier alpha value is -2.13. The van der Waals surface area contributed by atoms with Crippen LogP contribution in [-0.2, 0) is 6.54 Å². The molecule has 0 spiro atoms. The minimum atomic E-state index is 1.05. The molecule has 1 aliphatic rings. The van der Waals surface area contributed by atoms with Crippen LogP contribution >= 0.6 is 11.8 Å². The molecule has 3 heteroatoms. The second kappa shape index (κ2) is 5.93. The topological polar surface area (TPSA) is 16.8 Å². The van der Waals surface area contributed by atoms with E-state index in [1.807, 2.05) is 17.8 Å². The average Bonchev–Trinajstić information content (AvgIpc) is 2.62. The maximum atomic E-state index is 4.90. The van der Waals surface area contributed by atoms with Gasteiger partial charge in [-0.15, -0.1) is 0 Å². The fourth-order valence-corrected chi connectivity index (χ4v) is 3.79. The van der Waals surface area contributed by atoms with Crippen LogP contribution in [0.25, 0.3) is 22.5 Å². The van der Waals surface area contributed by atoms with E-state index in [4.69, 9.17) is 4.98 Å². The van der Waals surface area contributed by atoms with Crippen molar-refractivity contribution in [2.75, 3.05) is 5.75 Å². The van der Waals surface area contributed by atoms with Crippen molar-refractivity contribution in [3.05, 3.63) is 66.7 Å². The molecule has 2 nitrogen and oxygen atoms in total. The largest absolute Gasteiger partial charge is 0.360 e. The molecule has 0 bridgehead atoms. The van der Waals surface area contributed by atoms with Gasteiger partial charge < -0.3 is 0 Å². The zero-order valence-electron chi connectivity index (χ0n) is 12.3. The van der Waals surface area contributed by atoms with Crippen LogP contribution in [0, 0.1) is 0 Å². The van der Waals surface area contributed by atoms with Gasteiger partial charge in [-0.25, -0.2) is 4.57 Å². The van der Waals surface area contributed by atoms with Gasteiger partial charge in [-0.3, -0.25) is 0 Å². The standard InChI is InChI=1S/C19H17N2S/c1-3-8-15(9-4-1)17-14-18(16-10-5-2-6-11-16)21-12-7-13-22-19(21)20-17/h1-6,8-11,14H,7,12-13H2/q+1. The van der Waals surface area contributed by atoms with E-state index in [9.17, 15) is 0 Å². The van der Waals surface area contributed by atoms with E-state index in [0.29, 0.717) is 0 Å². The molecule has 0 atom stereocenters. The van der Waals surface area contributed by atoms with Crippen LogP contribution in [0.5, 0.6) is 0 Å². The first-order chi connectivity index (χ1) is 10.9. The molecule has 0 saturated heterocycles. The second-order valence-corrected chi connectivity index (χ2v) is 6.46. The summed E-state index contributed by atoms with van der Waals surface area (Å²) >= 11 is 1.86. The minimum absolute atomic E-state index is 1.05. The maximum absolute atomic E-state index is 4.90. The Balaban J connectivity index is 1.92. The van der Waals surface area contributed by atoms with Gasteiger partial charge in [0.05, 0.1) is 6.54 Å². The lowest BCUT2D eigenvalue weighted by atomic mass is 10.1. The number of hydrogen-bond acceptors (Lipinski definition) is 2. The summed E-state index contributed by atoms with van der Waals surface area (Å²) in [7, 11) is 0. The number of benzene rings is 2. The molecule has 0 fully saturated rings. The van der Waals surface area contributed by atoms with Gasteiger partial charge in [0, 0.05) is 22.9 Å². The van der Waals surface area contributed by atoms with Gasteiger partial charge >= 0.3 is 5.16 Å². The van der Waals surface area contributed by atoms with Crippen molar-refractivity contribution in [1.82, 2.24) is 4.98 Å². The lowest BCUT2D eigenvalue weighted by Crippen LogP contribution is -2.42. The molecular weight excluding hydrogens is 288 g/mol. The van der Waals surface area contributed by atoms with Crippen molar-refractivity contribution in [1.29, 1.82) is 0 Å². The monoisotopic (exact) mass is 305 g/mol. The fraction of sp³-hybridized carbons (Fsp3) is 0.158. The van der Waals surface area contributed by atoms with E-state index in [1.165, 1.54) is 23.2 Å². The van der Waals surface area contributed by atoms with Crippen LogP contribution in [0.2, 0.25) is 0 Å². The van der Waals surface area contributed by atoms with E-state index in [0.717, 1.165) is 23.1 Å². The zero-order chi connectivity index (χ0) is 14.8. The van der Waals surface area contributed by atoms with E-state index < -0.39 is 0 Å². The van der Waals surface area contributed by atoms with Crippen LogP contribution in [-0.4, -0.2) is 10.7 Å². The van der Waals surface area contributed by atoms with Crippen molar-refractivity contribution in [3.63, 3.8) is 0 Å². The molecule has 2 heterocycles. The molecule has 1 aliphatic heterocycles. The van der Waals surface area contributed by atoms with Crippen LogP contribution in [0.15, 0.2) is 71.9 Å². The molecule has 108 valence electrons. The highest BCUT2D eigenvalue weighted by atomic mass is 32.2. The summed E-state index contributed by atoms with van der Waals surface area (Å²) in [4.78, 5) is 4.90. The van der Waals surface area contributed by atoms with Crippen LogP contribution in [0.3, 0.4) is 0 Å². The number of nitrogens with zero attached hydrogens (tertiary/aromatic N) is 2. The number of rotatable bonds is 2. The van der Waals surface area contributed by atoms with E-state index >= 15 is 0 Å². The molecule has 0 saturated carbocycles. The van der Waals surface area contributed by atoms with Crippen molar-refractivity contribution >= 4 is 11.8 Å². The van der Waals surface area contributed by atoms with Crippen LogP contribution in [0.4, 0.5) is 0 Å². The Labute approximate surface area is 134 Å². The fourth-order valence-electron chi connectivity index (χ4n) is 2.82. The SMILES string of the molecule is c1ccc(-c2cc(-c3ccccc3)[n+]3c(n2)SCCC3)cc1. The quantitative estimate of drug-likeness (QED) is 0.521. The average molecular weight is 305 g/mol. The lowest BCUT2D eigenvalue weighted by Gasteiger charge is -2.14. The highest BCUT2D eigenvalue weighted by Crippen LogP contribution is 2.27. The van der Waals surface area contributed by atoms with Crippen LogP contribution < -0.4 is 4.57 Å². The number of hydrogen-bond donors (Lipinski definition) is 0. The predicted octanol–water partition coefficient (Wildman–Crippen LogP) is 4.20. The molecular formula is C19H17N2S+. The van der Waals surface area contributed by atoms with Crippen molar-refractivity contribution in [2.24, 2.45) is 0 Å². The van der Waals surface area contributed by atoms with Gasteiger partial charge in [-0.05, 0) is 23.2 Å². The Morgan fingerprint density at radius 3 is 2.27 bits per heavy atom. The lowest BCUT2D eigenvalue weighted by molar-refractivity contribution is -0.728. The van der Waals surface area contributed by atoms with Gasteiger partial charge in [0.25, 0.3) is 0 Å². The molecule has 4 rings (SSSR count). The summed E-state index contributed by atoms with van der Waals surface area (Å²) < 4.78 is 2.36. The third-order valence-corrected chi connectivity index (χ3v) is 4.97. The van der Waals surface area contributed by atoms with Crippen molar-refractivity contribution in [2.45, 2.75) is 18.1 Å². The van der Waals surface area contributed by atoms with Crippen LogP contribution in [0.1, 0.15) is 6.42 Å². The van der Waals surface area contributed by atoms with Gasteiger partial charge in [0.1, 0.15) is 5.69 Å². The number of thioether (sulfide) groups is 1. The Kier molecular flexibility index (Phi) is 3.65. The first-order valence-corrected chi connectivity index (χ1v) is 8.59. The van der Waals surface area contributed by atoms with Gasteiger partial charge in [-0.2, -0.15) is 0 Å². The molecule has 0 N–H and O–H groups in total. The summed E-state index contributed by atoms with van der Waals surface area (Å²) in [5, 5.41) is 1.13. The smallest absolute Gasteiger partial charge is 0.217 e. The van der Waals surface area contributed by atoms with Crippen molar-refractivity contribution < 1.29 is 4.57 Å². The minimum Gasteiger partial charge on any atom is -0.217 e. The molecule has 22 heavy (non-hydrogen) atoms. The van der Waals surface area contributed by atoms with E-state index in [2.05, 4.69) is 65.2 Å². The molecule has 0 unspecified atom stereocenters. The second-order valence-electron chi connectivity index (χ2n) is 5.39. The van der Waals surface area contributed by atoms with E-state index in [-0.39, 0.29) is 0 Å². The molecule has 3 aromatic rings. The zero-order valence-corrected chi connectivity index (χ0v) is 13.1. The summed E-state index contributed by atoms with van der Waals surface area (Å²) in [5.41, 5.74) is 4.75. The summed E-state index contributed by atoms with van der Waals surface area (Å²) in [6.45, 7) is 1.05. The Morgan fingerprint density at radius 2 is 1.55 bits per heavy atom. The van der Waals surface area contributed by atoms with Gasteiger partial charge in [-0.1, -0.05) is 60.7 Å². The molecule has 2 aromatic carbocycles. The Morgan fingerprint density at radius 1 is 0.864 bits per heavy atom. The Bertz CT molecular complexity index is 785. The summed E-state index contributed by atoms with van der Waals surface area (Å²) in [5.74, 6) is 1.15. The normalized spacial score (nSPS) is 13.6. The highest BCUT2D eigenvalue weighted by molar-refractivity contribution is 7.99. The first kappa shape index (κ1) is 13.5. The van der Waals surface area contributed by atoms with Crippen molar-refractivity contribution in [3.8, 4) is 22.5 Å². The third kappa shape index (κ3) is 2.53. The third-order valence-electron chi connectivity index (χ3n) is 3.91. The first-order valence-electron chi connectivity index (χ1n) is 7.60. The molecule has 0 aliphatic carbocycles. The summed E-state index contributed by atoms with van der Waals surface area (Å²) in [6, 6.07) is 23.3. The number of aromatic nitrogens is 2. The highest BCUT2D eigenvalue weighted by Gasteiger charge is 2.25. The van der Waals surface area contributed by atoms with E-state index in [1.54, 1.807) is 0 Å². The molecule has 1 aromatic heterocycles. The predicted molar refractivity (Wildman–Crippen MR) is 90.6 cm³/mol. The molecule has 0 amide bonds. The van der Waals surface area contributed by atoms with Gasteiger partial charge in [0.2, 0.25) is 0 Å². The summed E-state index contributed by atoms with van der Waals surface area (Å²) in [6.07, 6.45) is 1.20. The molecule has 0 radical (unpaired) electrons. The van der Waals surface area contributed by atoms with Gasteiger partial charge in [0.15, 0.2) is 5.69 Å². The maximum Gasteiger partial charge on any atom is 0.360 e. The number of fused-ring (bicyclic) bond motifs is 1.